The van der Waals surface area contributed by atoms with E-state index in [1.54, 1.807) is 22.8 Å². The SMILES string of the molecule is CC(C)C1NC2(c3ccccc3-n3c2nc2ccccc2c3=O)C2C(=O)N(c3cccc(Br)c3)C(=O)C12. The van der Waals surface area contributed by atoms with Gasteiger partial charge in [0.25, 0.3) is 5.56 Å². The lowest BCUT2D eigenvalue weighted by Crippen LogP contribution is -2.51. The Balaban J connectivity index is 1.54. The largest absolute Gasteiger partial charge is 0.296 e. The van der Waals surface area contributed by atoms with Crippen LogP contribution in [0.1, 0.15) is 25.2 Å². The summed E-state index contributed by atoms with van der Waals surface area (Å²) < 4.78 is 2.41. The highest BCUT2D eigenvalue weighted by molar-refractivity contribution is 9.10. The number of para-hydroxylation sites is 2. The zero-order valence-corrected chi connectivity index (χ0v) is 21.8. The smallest absolute Gasteiger partial charge is 0.266 e. The Morgan fingerprint density at radius 2 is 1.70 bits per heavy atom. The molecule has 4 aromatic rings. The van der Waals surface area contributed by atoms with Gasteiger partial charge in [0.1, 0.15) is 11.4 Å². The second-order valence-electron chi connectivity index (χ2n) is 10.3. The van der Waals surface area contributed by atoms with Crippen LogP contribution in [0.5, 0.6) is 0 Å². The van der Waals surface area contributed by atoms with Gasteiger partial charge in [-0.15, -0.1) is 0 Å². The number of carbonyl (C=O) groups excluding carboxylic acids is 2. The standard InChI is InChI=1S/C29H23BrN4O3/c1-15(2)24-22-23(27(37)33(26(22)36)17-9-7-8-16(30)14-17)29(32-24)19-11-4-6-13-21(19)34-25(35)18-10-3-5-12-20(18)31-28(29)34/h3-15,22-24,32H,1-2H3. The van der Waals surface area contributed by atoms with E-state index >= 15 is 0 Å². The molecule has 2 fully saturated rings. The number of halogens is 1. The monoisotopic (exact) mass is 554 g/mol. The summed E-state index contributed by atoms with van der Waals surface area (Å²) in [5.41, 5.74) is 1.29. The third-order valence-electron chi connectivity index (χ3n) is 8.08. The Labute approximate surface area is 221 Å². The van der Waals surface area contributed by atoms with Crippen LogP contribution in [0.2, 0.25) is 0 Å². The van der Waals surface area contributed by atoms with Crippen LogP contribution in [0.15, 0.2) is 82.1 Å². The Hall–Kier alpha value is -3.62. The molecule has 37 heavy (non-hydrogen) atoms. The van der Waals surface area contributed by atoms with E-state index in [0.29, 0.717) is 28.1 Å². The Morgan fingerprint density at radius 3 is 2.49 bits per heavy atom. The molecule has 0 radical (unpaired) electrons. The number of benzene rings is 3. The molecule has 0 saturated carbocycles. The lowest BCUT2D eigenvalue weighted by molar-refractivity contribution is -0.123. The predicted molar refractivity (Wildman–Crippen MR) is 143 cm³/mol. The average molecular weight is 555 g/mol. The third kappa shape index (κ3) is 2.80. The van der Waals surface area contributed by atoms with Crippen LogP contribution in [0.4, 0.5) is 5.69 Å². The first-order chi connectivity index (χ1) is 17.8. The van der Waals surface area contributed by atoms with E-state index < -0.39 is 17.4 Å². The topological polar surface area (TPSA) is 84.3 Å². The number of aromatic nitrogens is 2. The maximum absolute atomic E-state index is 14.3. The van der Waals surface area contributed by atoms with Crippen LogP contribution in [-0.4, -0.2) is 27.4 Å². The van der Waals surface area contributed by atoms with Crippen molar-refractivity contribution in [2.24, 2.45) is 17.8 Å². The normalized spacial score (nSPS) is 25.8. The van der Waals surface area contributed by atoms with E-state index in [1.807, 2.05) is 54.6 Å². The lowest BCUT2D eigenvalue weighted by Gasteiger charge is -2.32. The van der Waals surface area contributed by atoms with Crippen molar-refractivity contribution in [3.05, 3.63) is 99.0 Å². The molecule has 4 unspecified atom stereocenters. The van der Waals surface area contributed by atoms with Gasteiger partial charge in [0.15, 0.2) is 0 Å². The number of carbonyl (C=O) groups is 2. The number of rotatable bonds is 2. The van der Waals surface area contributed by atoms with Crippen molar-refractivity contribution in [3.63, 3.8) is 0 Å². The number of fused-ring (bicyclic) bond motifs is 8. The maximum Gasteiger partial charge on any atom is 0.266 e. The highest BCUT2D eigenvalue weighted by Crippen LogP contribution is 2.56. The highest BCUT2D eigenvalue weighted by atomic mass is 79.9. The first kappa shape index (κ1) is 22.6. The van der Waals surface area contributed by atoms with Crippen LogP contribution in [0, 0.1) is 17.8 Å². The summed E-state index contributed by atoms with van der Waals surface area (Å²) in [6.45, 7) is 4.10. The first-order valence-corrected chi connectivity index (χ1v) is 13.2. The number of nitrogens with zero attached hydrogens (tertiary/aromatic N) is 3. The molecule has 4 atom stereocenters. The summed E-state index contributed by atoms with van der Waals surface area (Å²) >= 11 is 3.47. The quantitative estimate of drug-likeness (QED) is 0.376. The summed E-state index contributed by atoms with van der Waals surface area (Å²) in [4.78, 5) is 48.5. The number of hydrogen-bond acceptors (Lipinski definition) is 5. The predicted octanol–water partition coefficient (Wildman–Crippen LogP) is 4.14. The molecular formula is C29H23BrN4O3. The fourth-order valence-electron chi connectivity index (χ4n) is 6.59. The van der Waals surface area contributed by atoms with Crippen molar-refractivity contribution in [3.8, 4) is 5.69 Å². The van der Waals surface area contributed by atoms with E-state index in [0.717, 1.165) is 10.0 Å². The molecule has 7 rings (SSSR count). The van der Waals surface area contributed by atoms with Crippen LogP contribution in [0.3, 0.4) is 0 Å². The van der Waals surface area contributed by atoms with Crippen molar-refractivity contribution in [2.75, 3.05) is 4.90 Å². The maximum atomic E-state index is 14.3. The number of nitrogens with one attached hydrogen (secondary N) is 1. The molecule has 1 aromatic heterocycles. The van der Waals surface area contributed by atoms with E-state index in [2.05, 4.69) is 35.1 Å². The molecule has 2 amide bonds. The van der Waals surface area contributed by atoms with Crippen molar-refractivity contribution in [2.45, 2.75) is 25.4 Å². The molecule has 8 heteroatoms. The number of amides is 2. The summed E-state index contributed by atoms with van der Waals surface area (Å²) in [5.74, 6) is -1.35. The highest BCUT2D eigenvalue weighted by Gasteiger charge is 2.70. The number of anilines is 1. The molecule has 1 spiro atoms. The van der Waals surface area contributed by atoms with E-state index in [9.17, 15) is 14.4 Å². The van der Waals surface area contributed by atoms with Gasteiger partial charge in [-0.2, -0.15) is 0 Å². The molecule has 0 aliphatic carbocycles. The Bertz CT molecular complexity index is 1710. The van der Waals surface area contributed by atoms with E-state index in [-0.39, 0.29) is 29.3 Å². The van der Waals surface area contributed by atoms with Crippen LogP contribution in [0.25, 0.3) is 16.6 Å². The van der Waals surface area contributed by atoms with Gasteiger partial charge >= 0.3 is 0 Å². The molecule has 0 bridgehead atoms. The summed E-state index contributed by atoms with van der Waals surface area (Å²) in [6.07, 6.45) is 0. The molecule has 2 saturated heterocycles. The molecule has 1 N–H and O–H groups in total. The van der Waals surface area contributed by atoms with Crippen molar-refractivity contribution in [1.29, 1.82) is 0 Å². The van der Waals surface area contributed by atoms with Gasteiger partial charge in [-0.25, -0.2) is 9.88 Å². The molecule has 7 nitrogen and oxygen atoms in total. The van der Waals surface area contributed by atoms with E-state index in [4.69, 9.17) is 4.98 Å². The molecule has 3 aromatic carbocycles. The molecule has 4 heterocycles. The van der Waals surface area contributed by atoms with Crippen LogP contribution in [-0.2, 0) is 15.1 Å². The number of imide groups is 1. The molecule has 3 aliphatic heterocycles. The summed E-state index contributed by atoms with van der Waals surface area (Å²) in [5, 5.41) is 4.23. The minimum Gasteiger partial charge on any atom is -0.296 e. The fraction of sp³-hybridized carbons (Fsp3) is 0.241. The van der Waals surface area contributed by atoms with Gasteiger partial charge in [-0.3, -0.25) is 24.3 Å². The second-order valence-corrected chi connectivity index (χ2v) is 11.2. The summed E-state index contributed by atoms with van der Waals surface area (Å²) in [6, 6.07) is 21.8. The van der Waals surface area contributed by atoms with Crippen molar-refractivity contribution in [1.82, 2.24) is 14.9 Å². The van der Waals surface area contributed by atoms with Gasteiger partial charge in [-0.05, 0) is 42.3 Å². The van der Waals surface area contributed by atoms with Crippen molar-refractivity contribution >= 4 is 44.3 Å². The van der Waals surface area contributed by atoms with E-state index in [1.165, 1.54) is 4.90 Å². The minimum atomic E-state index is -1.12. The van der Waals surface area contributed by atoms with Gasteiger partial charge in [0.05, 0.1) is 34.1 Å². The van der Waals surface area contributed by atoms with Gasteiger partial charge in [0.2, 0.25) is 11.8 Å². The average Bonchev–Trinajstić information content (AvgIpc) is 3.48. The lowest BCUT2D eigenvalue weighted by atomic mass is 9.75. The van der Waals surface area contributed by atoms with Gasteiger partial charge in [-0.1, -0.05) is 66.2 Å². The Kier molecular flexibility index (Phi) is 4.69. The van der Waals surface area contributed by atoms with Crippen LogP contribution < -0.4 is 15.8 Å². The minimum absolute atomic E-state index is 0.0551. The van der Waals surface area contributed by atoms with Crippen molar-refractivity contribution < 1.29 is 9.59 Å². The zero-order chi connectivity index (χ0) is 25.6. The van der Waals surface area contributed by atoms with Crippen LogP contribution >= 0.6 is 15.9 Å². The zero-order valence-electron chi connectivity index (χ0n) is 20.2. The second kappa shape index (κ2) is 7.69. The molecular weight excluding hydrogens is 532 g/mol. The third-order valence-corrected chi connectivity index (χ3v) is 8.57. The first-order valence-electron chi connectivity index (χ1n) is 12.4. The number of hydrogen-bond donors (Lipinski definition) is 1. The fourth-order valence-corrected chi connectivity index (χ4v) is 6.98. The van der Waals surface area contributed by atoms with Gasteiger partial charge in [0, 0.05) is 16.1 Å². The Morgan fingerprint density at radius 1 is 0.946 bits per heavy atom. The summed E-state index contributed by atoms with van der Waals surface area (Å²) in [7, 11) is 0. The van der Waals surface area contributed by atoms with Gasteiger partial charge < -0.3 is 0 Å². The molecule has 184 valence electrons. The molecule has 3 aliphatic rings.